The smallest absolute Gasteiger partial charge is 0.339 e. The Labute approximate surface area is 156 Å². The number of fused-ring (bicyclic) bond motifs is 1. The predicted molar refractivity (Wildman–Crippen MR) is 104 cm³/mol. The van der Waals surface area contributed by atoms with Crippen molar-refractivity contribution in [2.45, 2.75) is 6.61 Å². The summed E-state index contributed by atoms with van der Waals surface area (Å²) in [6.07, 6.45) is 0. The molecule has 0 unspecified atom stereocenters. The van der Waals surface area contributed by atoms with Crippen LogP contribution in [0.4, 0.5) is 0 Å². The molecule has 0 saturated carbocycles. The first-order chi connectivity index (χ1) is 13.2. The number of esters is 1. The second-order valence-electron chi connectivity index (χ2n) is 6.15. The summed E-state index contributed by atoms with van der Waals surface area (Å²) in [5.74, 6) is -0.307. The van der Waals surface area contributed by atoms with Gasteiger partial charge in [0.05, 0.1) is 16.8 Å². The average Bonchev–Trinajstić information content (AvgIpc) is 2.72. The summed E-state index contributed by atoms with van der Waals surface area (Å²) in [4.78, 5) is 17.4. The Morgan fingerprint density at radius 2 is 1.59 bits per heavy atom. The molecule has 132 valence electrons. The van der Waals surface area contributed by atoms with Gasteiger partial charge in [0.25, 0.3) is 0 Å². The fourth-order valence-corrected chi connectivity index (χ4v) is 2.97. The number of ether oxygens (including phenoxy) is 1. The molecule has 1 aromatic heterocycles. The monoisotopic (exact) mass is 355 g/mol. The van der Waals surface area contributed by atoms with E-state index in [1.807, 2.05) is 60.7 Å². The molecule has 1 heterocycles. The van der Waals surface area contributed by atoms with Gasteiger partial charge in [0.2, 0.25) is 0 Å². The minimum absolute atomic E-state index is 0.115. The molecule has 0 amide bonds. The van der Waals surface area contributed by atoms with Crippen molar-refractivity contribution in [3.05, 3.63) is 96.1 Å². The number of pyridine rings is 1. The Kier molecular flexibility index (Phi) is 4.54. The van der Waals surface area contributed by atoms with E-state index >= 15 is 0 Å². The fraction of sp³-hybridized carbons (Fsp3) is 0.0435. The number of benzene rings is 3. The number of aromatic hydroxyl groups is 1. The standard InChI is InChI=1S/C23H17NO3/c25-22-13-7-5-11-18(22)21-14-19(17-10-4-6-12-20(17)24-21)23(26)27-15-16-8-2-1-3-9-16/h1-14,25H,15H2. The van der Waals surface area contributed by atoms with Crippen LogP contribution in [0.15, 0.2) is 84.9 Å². The molecule has 4 rings (SSSR count). The van der Waals surface area contributed by atoms with Gasteiger partial charge in [-0.25, -0.2) is 9.78 Å². The van der Waals surface area contributed by atoms with Crippen molar-refractivity contribution in [2.24, 2.45) is 0 Å². The Bertz CT molecular complexity index is 1110. The van der Waals surface area contributed by atoms with Gasteiger partial charge in [0, 0.05) is 10.9 Å². The van der Waals surface area contributed by atoms with Gasteiger partial charge in [-0.15, -0.1) is 0 Å². The maximum absolute atomic E-state index is 12.8. The highest BCUT2D eigenvalue weighted by molar-refractivity contribution is 6.04. The minimum Gasteiger partial charge on any atom is -0.507 e. The lowest BCUT2D eigenvalue weighted by Gasteiger charge is -2.11. The maximum atomic E-state index is 12.8. The molecule has 0 aliphatic heterocycles. The van der Waals surface area contributed by atoms with Gasteiger partial charge in [-0.3, -0.25) is 0 Å². The summed E-state index contributed by atoms with van der Waals surface area (Å²) in [5, 5.41) is 10.9. The third kappa shape index (κ3) is 3.51. The predicted octanol–water partition coefficient (Wildman–Crippen LogP) is 4.96. The molecule has 27 heavy (non-hydrogen) atoms. The molecule has 4 heteroatoms. The van der Waals surface area contributed by atoms with Crippen molar-refractivity contribution in [3.8, 4) is 17.0 Å². The Morgan fingerprint density at radius 1 is 0.889 bits per heavy atom. The Hall–Kier alpha value is -3.66. The third-order valence-corrected chi connectivity index (χ3v) is 4.33. The first-order valence-electron chi connectivity index (χ1n) is 8.61. The molecule has 0 aliphatic rings. The van der Waals surface area contributed by atoms with Gasteiger partial charge in [-0.2, -0.15) is 0 Å². The van der Waals surface area contributed by atoms with Crippen molar-refractivity contribution in [3.63, 3.8) is 0 Å². The quantitative estimate of drug-likeness (QED) is 0.525. The molecule has 4 nitrogen and oxygen atoms in total. The van der Waals surface area contributed by atoms with Crippen LogP contribution in [0.25, 0.3) is 22.2 Å². The minimum atomic E-state index is -0.422. The summed E-state index contributed by atoms with van der Waals surface area (Å²) in [5.41, 5.74) is 3.11. The molecule has 0 saturated heterocycles. The highest BCUT2D eigenvalue weighted by atomic mass is 16.5. The lowest BCUT2D eigenvalue weighted by molar-refractivity contribution is 0.0475. The van der Waals surface area contributed by atoms with Gasteiger partial charge in [0.15, 0.2) is 0 Å². The Morgan fingerprint density at radius 3 is 2.41 bits per heavy atom. The first-order valence-corrected chi connectivity index (χ1v) is 8.61. The van der Waals surface area contributed by atoms with Crippen molar-refractivity contribution >= 4 is 16.9 Å². The van der Waals surface area contributed by atoms with Gasteiger partial charge in [0.1, 0.15) is 12.4 Å². The van der Waals surface area contributed by atoms with E-state index in [1.54, 1.807) is 24.3 Å². The number of carbonyl (C=O) groups is 1. The van der Waals surface area contributed by atoms with E-state index in [0.29, 0.717) is 22.3 Å². The molecule has 0 bridgehead atoms. The number of phenolic OH excluding ortho intramolecular Hbond substituents is 1. The summed E-state index contributed by atoms with van der Waals surface area (Å²) in [6, 6.07) is 25.5. The van der Waals surface area contributed by atoms with Gasteiger partial charge < -0.3 is 9.84 Å². The van der Waals surface area contributed by atoms with E-state index in [4.69, 9.17) is 4.74 Å². The number of carbonyl (C=O) groups excluding carboxylic acids is 1. The van der Waals surface area contributed by atoms with Crippen LogP contribution < -0.4 is 0 Å². The SMILES string of the molecule is O=C(OCc1ccccc1)c1cc(-c2ccccc2O)nc2ccccc12. The molecule has 1 N–H and O–H groups in total. The van der Waals surface area contributed by atoms with E-state index in [0.717, 1.165) is 10.9 Å². The zero-order valence-electron chi connectivity index (χ0n) is 14.5. The number of para-hydroxylation sites is 2. The van der Waals surface area contributed by atoms with Crippen LogP contribution >= 0.6 is 0 Å². The molecule has 0 fully saturated rings. The van der Waals surface area contributed by atoms with Crippen LogP contribution in [0, 0.1) is 0 Å². The van der Waals surface area contributed by atoms with Crippen molar-refractivity contribution in [1.82, 2.24) is 4.98 Å². The molecular weight excluding hydrogens is 338 g/mol. The molecular formula is C23H17NO3. The topological polar surface area (TPSA) is 59.4 Å². The molecule has 0 spiro atoms. The van der Waals surface area contributed by atoms with Crippen LogP contribution in [0.2, 0.25) is 0 Å². The second-order valence-corrected chi connectivity index (χ2v) is 6.15. The van der Waals surface area contributed by atoms with E-state index in [2.05, 4.69) is 4.98 Å². The molecule has 0 radical (unpaired) electrons. The zero-order valence-corrected chi connectivity index (χ0v) is 14.5. The Balaban J connectivity index is 1.74. The highest BCUT2D eigenvalue weighted by Crippen LogP contribution is 2.30. The lowest BCUT2D eigenvalue weighted by atomic mass is 10.0. The zero-order chi connectivity index (χ0) is 18.6. The molecule has 3 aromatic carbocycles. The van der Waals surface area contributed by atoms with Crippen LogP contribution in [-0.4, -0.2) is 16.1 Å². The van der Waals surface area contributed by atoms with Crippen molar-refractivity contribution in [1.29, 1.82) is 0 Å². The molecule has 4 aromatic rings. The third-order valence-electron chi connectivity index (χ3n) is 4.33. The van der Waals surface area contributed by atoms with Crippen molar-refractivity contribution in [2.75, 3.05) is 0 Å². The second kappa shape index (κ2) is 7.30. The summed E-state index contributed by atoms with van der Waals surface area (Å²) < 4.78 is 5.51. The molecule has 0 atom stereocenters. The summed E-state index contributed by atoms with van der Waals surface area (Å²) >= 11 is 0. The molecule has 0 aliphatic carbocycles. The van der Waals surface area contributed by atoms with Crippen LogP contribution in [0.5, 0.6) is 5.75 Å². The largest absolute Gasteiger partial charge is 0.507 e. The van der Waals surface area contributed by atoms with Crippen LogP contribution in [0.1, 0.15) is 15.9 Å². The summed E-state index contributed by atoms with van der Waals surface area (Å²) in [6.45, 7) is 0.197. The highest BCUT2D eigenvalue weighted by Gasteiger charge is 2.16. The van der Waals surface area contributed by atoms with E-state index in [1.165, 1.54) is 0 Å². The number of hydrogen-bond acceptors (Lipinski definition) is 4. The first kappa shape index (κ1) is 16.8. The fourth-order valence-electron chi connectivity index (χ4n) is 2.97. The number of phenols is 1. The van der Waals surface area contributed by atoms with Crippen molar-refractivity contribution < 1.29 is 14.6 Å². The number of hydrogen-bond donors (Lipinski definition) is 1. The van der Waals surface area contributed by atoms with Gasteiger partial charge in [-0.1, -0.05) is 60.7 Å². The number of nitrogens with zero attached hydrogens (tertiary/aromatic N) is 1. The van der Waals surface area contributed by atoms with Crippen LogP contribution in [-0.2, 0) is 11.3 Å². The number of rotatable bonds is 4. The normalized spacial score (nSPS) is 10.7. The lowest BCUT2D eigenvalue weighted by Crippen LogP contribution is -2.07. The maximum Gasteiger partial charge on any atom is 0.339 e. The average molecular weight is 355 g/mol. The number of aromatic nitrogens is 1. The van der Waals surface area contributed by atoms with E-state index in [-0.39, 0.29) is 12.4 Å². The van der Waals surface area contributed by atoms with Gasteiger partial charge in [-0.05, 0) is 29.8 Å². The summed E-state index contributed by atoms with van der Waals surface area (Å²) in [7, 11) is 0. The van der Waals surface area contributed by atoms with E-state index in [9.17, 15) is 9.90 Å². The van der Waals surface area contributed by atoms with E-state index < -0.39 is 5.97 Å². The van der Waals surface area contributed by atoms with Gasteiger partial charge >= 0.3 is 5.97 Å². The van der Waals surface area contributed by atoms with Crippen LogP contribution in [0.3, 0.4) is 0 Å².